The lowest BCUT2D eigenvalue weighted by molar-refractivity contribution is -0.274. The fourth-order valence-corrected chi connectivity index (χ4v) is 2.18. The minimum Gasteiger partial charge on any atom is -0.376 e. The van der Waals surface area contributed by atoms with Crippen molar-refractivity contribution in [3.05, 3.63) is 35.9 Å². The molecule has 0 spiro atoms. The Balaban J connectivity index is 2.01. The highest BCUT2D eigenvalue weighted by Gasteiger charge is 2.41. The SMILES string of the molecule is CO[C@@H]1[C@H](OCc2ccccc2)[C@@H](OC)CO[C@H]1O. The second-order valence-corrected chi connectivity index (χ2v) is 4.46. The average molecular weight is 268 g/mol. The first-order valence-corrected chi connectivity index (χ1v) is 6.27. The van der Waals surface area contributed by atoms with Crippen molar-refractivity contribution in [1.82, 2.24) is 0 Å². The number of ether oxygens (including phenoxy) is 4. The van der Waals surface area contributed by atoms with Crippen molar-refractivity contribution in [1.29, 1.82) is 0 Å². The standard InChI is InChI=1S/C14H20O5/c1-16-11-9-19-14(15)13(17-2)12(11)18-8-10-6-4-3-5-7-10/h3-7,11-15H,8-9H2,1-2H3/t11-,12+,13+,14+/m0/s1. The predicted molar refractivity (Wildman–Crippen MR) is 68.6 cm³/mol. The summed E-state index contributed by atoms with van der Waals surface area (Å²) in [5.74, 6) is 0. The molecule has 0 radical (unpaired) electrons. The molecule has 0 aliphatic carbocycles. The van der Waals surface area contributed by atoms with Gasteiger partial charge in [-0.1, -0.05) is 30.3 Å². The molecule has 1 heterocycles. The number of aliphatic hydroxyl groups is 1. The molecule has 1 aliphatic rings. The Hall–Kier alpha value is -0.980. The smallest absolute Gasteiger partial charge is 0.183 e. The van der Waals surface area contributed by atoms with Crippen LogP contribution in [0.2, 0.25) is 0 Å². The van der Waals surface area contributed by atoms with Gasteiger partial charge >= 0.3 is 0 Å². The zero-order valence-electron chi connectivity index (χ0n) is 11.2. The number of rotatable bonds is 5. The van der Waals surface area contributed by atoms with E-state index in [1.165, 1.54) is 7.11 Å². The third kappa shape index (κ3) is 3.52. The van der Waals surface area contributed by atoms with Crippen LogP contribution in [0.25, 0.3) is 0 Å². The van der Waals surface area contributed by atoms with Gasteiger partial charge in [0.05, 0.1) is 13.2 Å². The lowest BCUT2D eigenvalue weighted by atomic mass is 10.0. The van der Waals surface area contributed by atoms with Crippen LogP contribution in [0.15, 0.2) is 30.3 Å². The van der Waals surface area contributed by atoms with E-state index in [9.17, 15) is 5.11 Å². The van der Waals surface area contributed by atoms with Gasteiger partial charge in [0.15, 0.2) is 6.29 Å². The second kappa shape index (κ2) is 6.98. The Labute approximate surface area is 113 Å². The van der Waals surface area contributed by atoms with E-state index in [-0.39, 0.29) is 18.8 Å². The minimum atomic E-state index is -0.989. The van der Waals surface area contributed by atoms with E-state index in [0.717, 1.165) is 5.56 Å². The quantitative estimate of drug-likeness (QED) is 0.861. The molecule has 1 aromatic rings. The lowest BCUT2D eigenvalue weighted by Gasteiger charge is -2.38. The van der Waals surface area contributed by atoms with Crippen molar-refractivity contribution < 1.29 is 24.1 Å². The molecule has 4 atom stereocenters. The number of hydrogen-bond donors (Lipinski definition) is 1. The summed E-state index contributed by atoms with van der Waals surface area (Å²) in [6, 6.07) is 9.84. The molecule has 1 fully saturated rings. The molecule has 5 heteroatoms. The molecule has 0 unspecified atom stereocenters. The molecule has 0 bridgehead atoms. The van der Waals surface area contributed by atoms with Gasteiger partial charge in [0, 0.05) is 14.2 Å². The highest BCUT2D eigenvalue weighted by molar-refractivity contribution is 5.13. The van der Waals surface area contributed by atoms with E-state index in [4.69, 9.17) is 18.9 Å². The zero-order chi connectivity index (χ0) is 13.7. The molecule has 0 aromatic heterocycles. The van der Waals surface area contributed by atoms with Crippen molar-refractivity contribution in [2.24, 2.45) is 0 Å². The van der Waals surface area contributed by atoms with E-state index in [0.29, 0.717) is 6.61 Å². The highest BCUT2D eigenvalue weighted by atomic mass is 16.7. The molecule has 0 saturated carbocycles. The zero-order valence-corrected chi connectivity index (χ0v) is 11.2. The summed E-state index contributed by atoms with van der Waals surface area (Å²) in [6.45, 7) is 0.731. The number of aliphatic hydroxyl groups excluding tert-OH is 1. The van der Waals surface area contributed by atoms with Crippen LogP contribution in [-0.2, 0) is 25.6 Å². The maximum Gasteiger partial charge on any atom is 0.183 e. The van der Waals surface area contributed by atoms with Crippen molar-refractivity contribution in [2.75, 3.05) is 20.8 Å². The van der Waals surface area contributed by atoms with Crippen molar-refractivity contribution >= 4 is 0 Å². The predicted octanol–water partition coefficient (Wildman–Crippen LogP) is 0.950. The van der Waals surface area contributed by atoms with Crippen LogP contribution >= 0.6 is 0 Å². The first kappa shape index (κ1) is 14.4. The van der Waals surface area contributed by atoms with E-state index >= 15 is 0 Å². The molecule has 1 N–H and O–H groups in total. The molecular weight excluding hydrogens is 248 g/mol. The number of hydrogen-bond acceptors (Lipinski definition) is 5. The van der Waals surface area contributed by atoms with Crippen LogP contribution in [0, 0.1) is 0 Å². The Bertz CT molecular complexity index is 369. The third-order valence-corrected chi connectivity index (χ3v) is 3.26. The Morgan fingerprint density at radius 2 is 1.89 bits per heavy atom. The van der Waals surface area contributed by atoms with E-state index in [2.05, 4.69) is 0 Å². The minimum absolute atomic E-state index is 0.253. The molecule has 106 valence electrons. The van der Waals surface area contributed by atoms with Crippen LogP contribution < -0.4 is 0 Å². The van der Waals surface area contributed by atoms with Gasteiger partial charge in [-0.3, -0.25) is 0 Å². The molecule has 1 saturated heterocycles. The van der Waals surface area contributed by atoms with E-state index < -0.39 is 12.4 Å². The molecule has 2 rings (SSSR count). The second-order valence-electron chi connectivity index (χ2n) is 4.46. The summed E-state index contributed by atoms with van der Waals surface area (Å²) < 4.78 is 21.6. The van der Waals surface area contributed by atoms with Gasteiger partial charge in [-0.25, -0.2) is 0 Å². The third-order valence-electron chi connectivity index (χ3n) is 3.26. The molecule has 1 aliphatic heterocycles. The molecule has 5 nitrogen and oxygen atoms in total. The topological polar surface area (TPSA) is 57.2 Å². The van der Waals surface area contributed by atoms with E-state index in [1.807, 2.05) is 30.3 Å². The number of benzene rings is 1. The first-order chi connectivity index (χ1) is 9.26. The summed E-state index contributed by atoms with van der Waals surface area (Å²) in [6.07, 6.45) is -2.16. The fourth-order valence-electron chi connectivity index (χ4n) is 2.18. The van der Waals surface area contributed by atoms with Gasteiger partial charge in [0.25, 0.3) is 0 Å². The molecule has 19 heavy (non-hydrogen) atoms. The summed E-state index contributed by atoms with van der Waals surface area (Å²) in [7, 11) is 3.12. The van der Waals surface area contributed by atoms with Crippen LogP contribution in [-0.4, -0.2) is 50.5 Å². The summed E-state index contributed by atoms with van der Waals surface area (Å²) in [4.78, 5) is 0. The van der Waals surface area contributed by atoms with Crippen molar-refractivity contribution in [3.63, 3.8) is 0 Å². The molecule has 0 amide bonds. The monoisotopic (exact) mass is 268 g/mol. The van der Waals surface area contributed by atoms with E-state index in [1.54, 1.807) is 7.11 Å². The van der Waals surface area contributed by atoms with Crippen molar-refractivity contribution in [2.45, 2.75) is 31.2 Å². The van der Waals surface area contributed by atoms with Crippen LogP contribution in [0.3, 0.4) is 0 Å². The van der Waals surface area contributed by atoms with Gasteiger partial charge in [-0.15, -0.1) is 0 Å². The van der Waals surface area contributed by atoms with Crippen molar-refractivity contribution in [3.8, 4) is 0 Å². The normalized spacial score (nSPS) is 31.3. The van der Waals surface area contributed by atoms with Crippen LogP contribution in [0.5, 0.6) is 0 Å². The van der Waals surface area contributed by atoms with Gasteiger partial charge < -0.3 is 24.1 Å². The average Bonchev–Trinajstić information content (AvgIpc) is 2.46. The Morgan fingerprint density at radius 1 is 1.16 bits per heavy atom. The lowest BCUT2D eigenvalue weighted by Crippen LogP contribution is -2.55. The first-order valence-electron chi connectivity index (χ1n) is 6.27. The summed E-state index contributed by atoms with van der Waals surface area (Å²) >= 11 is 0. The molecule has 1 aromatic carbocycles. The maximum absolute atomic E-state index is 9.77. The number of methoxy groups -OCH3 is 2. The highest BCUT2D eigenvalue weighted by Crippen LogP contribution is 2.22. The largest absolute Gasteiger partial charge is 0.376 e. The van der Waals surface area contributed by atoms with Gasteiger partial charge in [-0.05, 0) is 5.56 Å². The van der Waals surface area contributed by atoms with Gasteiger partial charge in [-0.2, -0.15) is 0 Å². The van der Waals surface area contributed by atoms with Crippen LogP contribution in [0.4, 0.5) is 0 Å². The van der Waals surface area contributed by atoms with Crippen LogP contribution in [0.1, 0.15) is 5.56 Å². The van der Waals surface area contributed by atoms with Gasteiger partial charge in [0.2, 0.25) is 0 Å². The fraction of sp³-hybridized carbons (Fsp3) is 0.571. The Morgan fingerprint density at radius 3 is 2.53 bits per heavy atom. The van der Waals surface area contributed by atoms with Gasteiger partial charge in [0.1, 0.15) is 18.3 Å². The maximum atomic E-state index is 9.77. The molecular formula is C14H20O5. The summed E-state index contributed by atoms with van der Waals surface area (Å²) in [5.41, 5.74) is 1.06. The summed E-state index contributed by atoms with van der Waals surface area (Å²) in [5, 5.41) is 9.77. The Kier molecular flexibility index (Phi) is 5.30.